The van der Waals surface area contributed by atoms with Gasteiger partial charge in [0.05, 0.1) is 37.2 Å². The Balaban J connectivity index is 1.01. The second-order valence-electron chi connectivity index (χ2n) is 17.5. The molecule has 0 aliphatic carbocycles. The largest absolute Gasteiger partial charge is 0.308 e. The Morgan fingerprint density at radius 2 is 0.725 bits per heavy atom. The predicted octanol–water partition coefficient (Wildman–Crippen LogP) is 16.8. The van der Waals surface area contributed by atoms with Crippen molar-refractivity contribution in [3.63, 3.8) is 0 Å². The molecule has 0 aliphatic rings. The van der Waals surface area contributed by atoms with E-state index in [4.69, 9.17) is 15.0 Å². The maximum absolute atomic E-state index is 5.31. The molecule has 0 saturated carbocycles. The molecule has 0 atom stereocenters. The van der Waals surface area contributed by atoms with Gasteiger partial charge >= 0.3 is 0 Å². The van der Waals surface area contributed by atoms with E-state index in [0.29, 0.717) is 17.5 Å². The number of hydrogen-bond acceptors (Lipinski definition) is 4. The summed E-state index contributed by atoms with van der Waals surface area (Å²) in [6, 6.07) is 84.3. The van der Waals surface area contributed by atoms with Gasteiger partial charge in [-0.25, -0.2) is 15.0 Å². The lowest BCUT2D eigenvalue weighted by Crippen LogP contribution is -2.03. The summed E-state index contributed by atoms with van der Waals surface area (Å²) >= 11 is 1.89. The summed E-state index contributed by atoms with van der Waals surface area (Å²) in [5.74, 6) is 1.86. The molecule has 14 aromatic rings. The molecule has 0 radical (unpaired) electrons. The van der Waals surface area contributed by atoms with Crippen LogP contribution in [0.1, 0.15) is 0 Å². The molecule has 4 heterocycles. The van der Waals surface area contributed by atoms with Crippen molar-refractivity contribution in [1.82, 2.24) is 24.1 Å². The van der Waals surface area contributed by atoms with Crippen LogP contribution >= 0.6 is 11.3 Å². The van der Waals surface area contributed by atoms with Crippen LogP contribution in [0.4, 0.5) is 0 Å². The smallest absolute Gasteiger partial charge is 0.166 e. The van der Waals surface area contributed by atoms with Crippen molar-refractivity contribution in [2.45, 2.75) is 0 Å². The summed E-state index contributed by atoms with van der Waals surface area (Å²) < 4.78 is 7.42. The van der Waals surface area contributed by atoms with E-state index in [-0.39, 0.29) is 0 Å². The highest BCUT2D eigenvalue weighted by Gasteiger charge is 2.24. The molecule has 0 saturated heterocycles. The quantitative estimate of drug-likeness (QED) is 0.160. The maximum atomic E-state index is 5.31. The first-order valence-electron chi connectivity index (χ1n) is 23.3. The zero-order valence-corrected chi connectivity index (χ0v) is 38.0. The lowest BCUT2D eigenvalue weighted by molar-refractivity contribution is 1.06. The van der Waals surface area contributed by atoms with Crippen LogP contribution in [-0.2, 0) is 0 Å². The van der Waals surface area contributed by atoms with Crippen molar-refractivity contribution in [1.29, 1.82) is 0 Å². The molecule has 0 spiro atoms. The minimum absolute atomic E-state index is 0.611. The molecule has 69 heavy (non-hydrogen) atoms. The monoisotopic (exact) mass is 897 g/mol. The van der Waals surface area contributed by atoms with Crippen molar-refractivity contribution < 1.29 is 0 Å². The Morgan fingerprint density at radius 3 is 1.36 bits per heavy atom. The lowest BCUT2D eigenvalue weighted by atomic mass is 10.0. The molecular weight excluding hydrogens is 859 g/mol. The van der Waals surface area contributed by atoms with Gasteiger partial charge in [-0.3, -0.25) is 0 Å². The summed E-state index contributed by atoms with van der Waals surface area (Å²) in [6.45, 7) is 0. The molecule has 14 rings (SSSR count). The second kappa shape index (κ2) is 15.8. The van der Waals surface area contributed by atoms with Gasteiger partial charge < -0.3 is 9.13 Å². The predicted molar refractivity (Wildman–Crippen MR) is 289 cm³/mol. The Hall–Kier alpha value is -8.97. The Morgan fingerprint density at radius 1 is 0.290 bits per heavy atom. The summed E-state index contributed by atoms with van der Waals surface area (Å²) in [4.78, 5) is 15.7. The highest BCUT2D eigenvalue weighted by Crippen LogP contribution is 2.48. The van der Waals surface area contributed by atoms with Crippen molar-refractivity contribution >= 4 is 75.1 Å². The van der Waals surface area contributed by atoms with Crippen LogP contribution in [0.2, 0.25) is 0 Å². The topological polar surface area (TPSA) is 48.5 Å². The van der Waals surface area contributed by atoms with Crippen LogP contribution in [0.25, 0.3) is 132 Å². The average Bonchev–Trinajstić information content (AvgIpc) is 4.10. The Kier molecular flexibility index (Phi) is 9.00. The first-order valence-corrected chi connectivity index (χ1v) is 24.1. The third-order valence-electron chi connectivity index (χ3n) is 13.6. The lowest BCUT2D eigenvalue weighted by Gasteiger charge is -2.15. The summed E-state index contributed by atoms with van der Waals surface area (Å²) in [5, 5.41) is 7.35. The first kappa shape index (κ1) is 39.2. The zero-order valence-electron chi connectivity index (χ0n) is 37.2. The number of thiophene rings is 1. The first-order chi connectivity index (χ1) is 34.2. The normalized spacial score (nSPS) is 11.8. The van der Waals surface area contributed by atoms with Gasteiger partial charge in [0.2, 0.25) is 0 Å². The van der Waals surface area contributed by atoms with E-state index in [0.717, 1.165) is 39.1 Å². The van der Waals surface area contributed by atoms with Gasteiger partial charge in [0, 0.05) is 54.7 Å². The fourth-order valence-corrected chi connectivity index (χ4v) is 11.8. The molecule has 0 bridgehead atoms. The van der Waals surface area contributed by atoms with Crippen LogP contribution in [0, 0.1) is 0 Å². The zero-order chi connectivity index (χ0) is 45.4. The highest BCUT2D eigenvalue weighted by atomic mass is 32.1. The SMILES string of the molecule is c1ccc(-c2ccc(-c3nc(-c4ccccc4)nc(-c4ccccc4-n4c5ccccc5c5ccc6c7ccc8c9ccccc9n(-c9cccc(-c%10ccccc%10)c9)c8c7sc6c54)n3)cc2)cc1. The molecule has 10 aromatic carbocycles. The van der Waals surface area contributed by atoms with Crippen LogP contribution in [-0.4, -0.2) is 24.1 Å². The van der Waals surface area contributed by atoms with Crippen LogP contribution < -0.4 is 0 Å². The van der Waals surface area contributed by atoms with Crippen LogP contribution in [0.15, 0.2) is 237 Å². The van der Waals surface area contributed by atoms with E-state index in [1.807, 2.05) is 35.6 Å². The van der Waals surface area contributed by atoms with E-state index in [2.05, 4.69) is 221 Å². The second-order valence-corrected chi connectivity index (χ2v) is 18.6. The van der Waals surface area contributed by atoms with E-state index in [1.165, 1.54) is 75.0 Å². The number of para-hydroxylation sites is 3. The molecule has 322 valence electrons. The van der Waals surface area contributed by atoms with Crippen LogP contribution in [0.5, 0.6) is 0 Å². The van der Waals surface area contributed by atoms with Gasteiger partial charge in [-0.1, -0.05) is 200 Å². The van der Waals surface area contributed by atoms with E-state index in [9.17, 15) is 0 Å². The summed E-state index contributed by atoms with van der Waals surface area (Å²) in [6.07, 6.45) is 0. The molecule has 0 fully saturated rings. The summed E-state index contributed by atoms with van der Waals surface area (Å²) in [7, 11) is 0. The fraction of sp³-hybridized carbons (Fsp3) is 0. The number of hydrogen-bond donors (Lipinski definition) is 0. The number of aromatic nitrogens is 5. The van der Waals surface area contributed by atoms with Crippen molar-refractivity contribution in [3.8, 4) is 67.8 Å². The third kappa shape index (κ3) is 6.34. The molecule has 0 amide bonds. The molecule has 5 nitrogen and oxygen atoms in total. The molecule has 0 unspecified atom stereocenters. The van der Waals surface area contributed by atoms with Crippen molar-refractivity contribution in [2.75, 3.05) is 0 Å². The van der Waals surface area contributed by atoms with Gasteiger partial charge in [0.1, 0.15) is 0 Å². The standard InChI is InChI=1S/C63H39N5S/c1-4-17-40(18-5-1)42-31-33-44(34-32-42)62-64-61(43-21-8-3-9-22-43)65-63(66-62)53-27-12-15-30-56(53)68-55-29-14-11-26-48(55)50-36-38-52-51-37-35-49-47-25-10-13-28-54(47)67(57(49)59(51)69-60(52)58(50)68)46-24-16-23-45(39-46)41-19-6-2-7-20-41/h1-39H. The number of fused-ring (bicyclic) bond motifs is 11. The Bertz CT molecular complexity index is 4280. The van der Waals surface area contributed by atoms with Gasteiger partial charge in [-0.2, -0.15) is 0 Å². The number of benzene rings is 10. The molecule has 4 aromatic heterocycles. The molecule has 6 heteroatoms. The van der Waals surface area contributed by atoms with E-state index >= 15 is 0 Å². The van der Waals surface area contributed by atoms with E-state index < -0.39 is 0 Å². The summed E-state index contributed by atoms with van der Waals surface area (Å²) in [5.41, 5.74) is 14.3. The van der Waals surface area contributed by atoms with Crippen LogP contribution in [0.3, 0.4) is 0 Å². The molecular formula is C63H39N5S. The van der Waals surface area contributed by atoms with Gasteiger partial charge in [0.25, 0.3) is 0 Å². The average molecular weight is 898 g/mol. The van der Waals surface area contributed by atoms with Gasteiger partial charge in [-0.15, -0.1) is 11.3 Å². The molecule has 0 aliphatic heterocycles. The third-order valence-corrected chi connectivity index (χ3v) is 14.8. The Labute approximate surface area is 401 Å². The molecule has 0 N–H and O–H groups in total. The van der Waals surface area contributed by atoms with Crippen molar-refractivity contribution in [3.05, 3.63) is 237 Å². The number of nitrogens with zero attached hydrogens (tertiary/aromatic N) is 5. The van der Waals surface area contributed by atoms with Gasteiger partial charge in [0.15, 0.2) is 17.5 Å². The fourth-order valence-electron chi connectivity index (χ4n) is 10.4. The van der Waals surface area contributed by atoms with E-state index in [1.54, 1.807) is 0 Å². The number of rotatable bonds is 7. The minimum atomic E-state index is 0.611. The van der Waals surface area contributed by atoms with Gasteiger partial charge in [-0.05, 0) is 58.7 Å². The maximum Gasteiger partial charge on any atom is 0.166 e. The minimum Gasteiger partial charge on any atom is -0.308 e. The highest BCUT2D eigenvalue weighted by molar-refractivity contribution is 7.27. The van der Waals surface area contributed by atoms with Crippen molar-refractivity contribution in [2.24, 2.45) is 0 Å².